The number of carbonyl (C=O) groups excluding carboxylic acids is 2. The lowest BCUT2D eigenvalue weighted by atomic mass is 9.73. The summed E-state index contributed by atoms with van der Waals surface area (Å²) in [4.78, 5) is 25.0. The lowest BCUT2D eigenvalue weighted by molar-refractivity contribution is -0.182. The number of allylic oxidation sites excluding steroid dienone is 2. The zero-order valence-corrected chi connectivity index (χ0v) is 14.9. The number of carbonyl (C=O) groups is 2. The molecule has 1 heterocycles. The van der Waals surface area contributed by atoms with E-state index >= 15 is 0 Å². The topological polar surface area (TPSA) is 61.8 Å². The Morgan fingerprint density at radius 3 is 2.46 bits per heavy atom. The Bertz CT molecular complexity index is 652. The minimum Gasteiger partial charge on any atom is -0.480 e. The normalized spacial score (nSPS) is 26.1. The Morgan fingerprint density at radius 1 is 1.29 bits per heavy atom. The Morgan fingerprint density at radius 2 is 1.92 bits per heavy atom. The van der Waals surface area contributed by atoms with Crippen LogP contribution in [0.15, 0.2) is 36.1 Å². The first kappa shape index (κ1) is 18.3. The lowest BCUT2D eigenvalue weighted by Crippen LogP contribution is -2.53. The number of hydrogen-bond acceptors (Lipinski definition) is 5. The van der Waals surface area contributed by atoms with Crippen LogP contribution in [0.5, 0.6) is 0 Å². The molecule has 0 radical (unpaired) electrons. The average molecular weight is 353 g/mol. The van der Waals surface area contributed by atoms with Gasteiger partial charge in [-0.1, -0.05) is 23.7 Å². The molecule has 0 aliphatic carbocycles. The molecular weight excluding hydrogens is 332 g/mol. The molecule has 2 rings (SSSR count). The van der Waals surface area contributed by atoms with E-state index in [4.69, 9.17) is 25.8 Å². The molecule has 6 heteroatoms. The summed E-state index contributed by atoms with van der Waals surface area (Å²) in [5, 5.41) is 0.593. The molecule has 1 aliphatic rings. The summed E-state index contributed by atoms with van der Waals surface area (Å²) < 4.78 is 15.8. The van der Waals surface area contributed by atoms with Gasteiger partial charge in [-0.3, -0.25) is 4.79 Å². The molecule has 0 saturated carbocycles. The van der Waals surface area contributed by atoms with Crippen molar-refractivity contribution in [2.24, 2.45) is 5.92 Å². The van der Waals surface area contributed by atoms with E-state index in [2.05, 4.69) is 0 Å². The molecule has 5 nitrogen and oxygen atoms in total. The summed E-state index contributed by atoms with van der Waals surface area (Å²) in [6.45, 7) is 5.23. The van der Waals surface area contributed by atoms with Crippen LogP contribution in [0.3, 0.4) is 0 Å². The second kappa shape index (κ2) is 7.26. The van der Waals surface area contributed by atoms with Crippen molar-refractivity contribution in [1.82, 2.24) is 0 Å². The van der Waals surface area contributed by atoms with Crippen molar-refractivity contribution in [2.75, 3.05) is 13.7 Å². The van der Waals surface area contributed by atoms with Crippen LogP contribution in [-0.2, 0) is 23.8 Å². The van der Waals surface area contributed by atoms with Gasteiger partial charge in [-0.25, -0.2) is 4.79 Å². The van der Waals surface area contributed by atoms with Gasteiger partial charge in [-0.15, -0.1) is 0 Å². The quantitative estimate of drug-likeness (QED) is 0.776. The molecule has 1 aliphatic heterocycles. The summed E-state index contributed by atoms with van der Waals surface area (Å²) in [5.41, 5.74) is -0.625. The van der Waals surface area contributed by atoms with E-state index in [-0.39, 0.29) is 12.5 Å². The molecule has 1 aromatic carbocycles. The number of hydrogen-bond donors (Lipinski definition) is 0. The third-order valence-corrected chi connectivity index (χ3v) is 4.38. The number of ether oxygens (including phenoxy) is 3. The highest BCUT2D eigenvalue weighted by Gasteiger charge is 2.55. The van der Waals surface area contributed by atoms with Crippen molar-refractivity contribution in [2.45, 2.75) is 32.3 Å². The first-order valence-corrected chi connectivity index (χ1v) is 8.09. The van der Waals surface area contributed by atoms with Crippen LogP contribution in [-0.4, -0.2) is 31.3 Å². The molecule has 3 unspecified atom stereocenters. The van der Waals surface area contributed by atoms with Crippen LogP contribution in [0.25, 0.3) is 0 Å². The van der Waals surface area contributed by atoms with Crippen molar-refractivity contribution in [1.29, 1.82) is 0 Å². The Hall–Kier alpha value is -2.01. The number of halogens is 1. The molecule has 0 N–H and O–H groups in total. The Balaban J connectivity index is 2.56. The van der Waals surface area contributed by atoms with Gasteiger partial charge in [0.05, 0.1) is 19.5 Å². The van der Waals surface area contributed by atoms with E-state index in [0.29, 0.717) is 10.8 Å². The zero-order chi connectivity index (χ0) is 17.9. The fourth-order valence-corrected chi connectivity index (χ4v) is 3.20. The van der Waals surface area contributed by atoms with Crippen molar-refractivity contribution in [3.63, 3.8) is 0 Å². The molecule has 0 aromatic heterocycles. The van der Waals surface area contributed by atoms with Crippen LogP contribution in [0.4, 0.5) is 0 Å². The van der Waals surface area contributed by atoms with Crippen molar-refractivity contribution in [3.05, 3.63) is 46.7 Å². The van der Waals surface area contributed by atoms with Crippen LogP contribution < -0.4 is 0 Å². The van der Waals surface area contributed by atoms with Gasteiger partial charge in [0.2, 0.25) is 5.60 Å². The Labute approximate surface area is 146 Å². The minimum atomic E-state index is -1.47. The maximum Gasteiger partial charge on any atom is 0.350 e. The van der Waals surface area contributed by atoms with Gasteiger partial charge in [0.1, 0.15) is 5.92 Å². The SMILES string of the molecule is CCOC(=O)C1C(c2ccc(Cl)cc2)C=C(C)OC1(C)C(=O)OC. The van der Waals surface area contributed by atoms with Gasteiger partial charge in [-0.2, -0.15) is 0 Å². The molecule has 0 fully saturated rings. The Kier molecular flexibility index (Phi) is 5.54. The van der Waals surface area contributed by atoms with Crippen LogP contribution in [0, 0.1) is 5.92 Å². The van der Waals surface area contributed by atoms with E-state index < -0.39 is 23.5 Å². The predicted molar refractivity (Wildman–Crippen MR) is 89.6 cm³/mol. The summed E-state index contributed by atoms with van der Waals surface area (Å²) >= 11 is 5.95. The second-order valence-corrected chi connectivity index (χ2v) is 6.22. The van der Waals surface area contributed by atoms with Gasteiger partial charge in [0.15, 0.2) is 0 Å². The smallest absolute Gasteiger partial charge is 0.350 e. The lowest BCUT2D eigenvalue weighted by Gasteiger charge is -2.41. The third kappa shape index (κ3) is 3.41. The van der Waals surface area contributed by atoms with Crippen molar-refractivity contribution >= 4 is 23.5 Å². The predicted octanol–water partition coefficient (Wildman–Crippen LogP) is 3.47. The molecule has 0 bridgehead atoms. The summed E-state index contributed by atoms with van der Waals surface area (Å²) in [6, 6.07) is 7.14. The summed E-state index contributed by atoms with van der Waals surface area (Å²) in [7, 11) is 1.27. The van der Waals surface area contributed by atoms with Crippen LogP contribution in [0.2, 0.25) is 5.02 Å². The van der Waals surface area contributed by atoms with Crippen LogP contribution >= 0.6 is 11.6 Å². The van der Waals surface area contributed by atoms with E-state index in [1.165, 1.54) is 7.11 Å². The highest BCUT2D eigenvalue weighted by molar-refractivity contribution is 6.30. The molecule has 0 saturated heterocycles. The van der Waals surface area contributed by atoms with E-state index in [9.17, 15) is 9.59 Å². The fourth-order valence-electron chi connectivity index (χ4n) is 3.07. The van der Waals surface area contributed by atoms with Gasteiger partial charge >= 0.3 is 11.9 Å². The van der Waals surface area contributed by atoms with Gasteiger partial charge in [-0.05, 0) is 44.5 Å². The molecule has 24 heavy (non-hydrogen) atoms. The summed E-state index contributed by atoms with van der Waals surface area (Å²) in [6.07, 6.45) is 1.81. The third-order valence-electron chi connectivity index (χ3n) is 4.13. The number of methoxy groups -OCH3 is 1. The van der Waals surface area contributed by atoms with E-state index in [1.807, 2.05) is 18.2 Å². The second-order valence-electron chi connectivity index (χ2n) is 5.79. The fraction of sp³-hybridized carbons (Fsp3) is 0.444. The van der Waals surface area contributed by atoms with Crippen molar-refractivity contribution in [3.8, 4) is 0 Å². The number of rotatable bonds is 4. The first-order chi connectivity index (χ1) is 11.3. The first-order valence-electron chi connectivity index (χ1n) is 7.71. The van der Waals surface area contributed by atoms with Crippen LogP contribution in [0.1, 0.15) is 32.3 Å². The maximum absolute atomic E-state index is 12.6. The average Bonchev–Trinajstić information content (AvgIpc) is 2.54. The molecule has 1 aromatic rings. The number of benzene rings is 1. The molecule has 130 valence electrons. The van der Waals surface area contributed by atoms with E-state index in [0.717, 1.165) is 5.56 Å². The molecule has 0 amide bonds. The highest BCUT2D eigenvalue weighted by atomic mass is 35.5. The summed E-state index contributed by atoms with van der Waals surface area (Å²) in [5.74, 6) is -1.83. The standard InChI is InChI=1S/C18H21ClO5/c1-5-23-16(20)15-14(12-6-8-13(19)9-7-12)10-11(2)24-18(15,3)17(21)22-4/h6-10,14-15H,5H2,1-4H3. The molecule has 0 spiro atoms. The minimum absolute atomic E-state index is 0.211. The highest BCUT2D eigenvalue weighted by Crippen LogP contribution is 2.43. The van der Waals surface area contributed by atoms with Gasteiger partial charge < -0.3 is 14.2 Å². The largest absolute Gasteiger partial charge is 0.480 e. The van der Waals surface area contributed by atoms with Crippen molar-refractivity contribution < 1.29 is 23.8 Å². The maximum atomic E-state index is 12.6. The van der Waals surface area contributed by atoms with E-state index in [1.54, 1.807) is 32.9 Å². The number of esters is 2. The molecule has 3 atom stereocenters. The zero-order valence-electron chi connectivity index (χ0n) is 14.2. The molecular formula is C18H21ClO5. The monoisotopic (exact) mass is 352 g/mol. The van der Waals surface area contributed by atoms with Gasteiger partial charge in [0, 0.05) is 10.9 Å². The van der Waals surface area contributed by atoms with Gasteiger partial charge in [0.25, 0.3) is 0 Å².